The van der Waals surface area contributed by atoms with E-state index in [4.69, 9.17) is 16.3 Å². The topological polar surface area (TPSA) is 21.3 Å². The SMILES string of the molecule is COc1ccc(Cl)cc1C(CNC(C)C)C1CCCC1. The minimum Gasteiger partial charge on any atom is -0.496 e. The van der Waals surface area contributed by atoms with Crippen molar-refractivity contribution in [3.63, 3.8) is 0 Å². The predicted octanol–water partition coefficient (Wildman–Crippen LogP) is 4.62. The van der Waals surface area contributed by atoms with E-state index >= 15 is 0 Å². The Kier molecular flexibility index (Phi) is 5.74. The number of hydrogen-bond donors (Lipinski definition) is 1. The molecular weight excluding hydrogens is 270 g/mol. The van der Waals surface area contributed by atoms with Gasteiger partial charge in [-0.2, -0.15) is 0 Å². The first-order chi connectivity index (χ1) is 9.61. The fraction of sp³-hybridized carbons (Fsp3) is 0.647. The maximum Gasteiger partial charge on any atom is 0.122 e. The molecule has 0 bridgehead atoms. The lowest BCUT2D eigenvalue weighted by Gasteiger charge is -2.27. The first kappa shape index (κ1) is 15.7. The van der Waals surface area contributed by atoms with Gasteiger partial charge in [-0.25, -0.2) is 0 Å². The molecule has 1 N–H and O–H groups in total. The number of methoxy groups -OCH3 is 1. The van der Waals surface area contributed by atoms with Crippen molar-refractivity contribution in [3.8, 4) is 5.75 Å². The highest BCUT2D eigenvalue weighted by Gasteiger charge is 2.28. The maximum atomic E-state index is 6.21. The summed E-state index contributed by atoms with van der Waals surface area (Å²) in [5.74, 6) is 2.21. The molecule has 20 heavy (non-hydrogen) atoms. The molecule has 0 amide bonds. The molecule has 1 aromatic carbocycles. The van der Waals surface area contributed by atoms with Gasteiger partial charge in [0.1, 0.15) is 5.75 Å². The number of hydrogen-bond acceptors (Lipinski definition) is 2. The van der Waals surface area contributed by atoms with Crippen molar-refractivity contribution in [3.05, 3.63) is 28.8 Å². The van der Waals surface area contributed by atoms with Crippen molar-refractivity contribution in [2.75, 3.05) is 13.7 Å². The van der Waals surface area contributed by atoms with Crippen LogP contribution in [-0.2, 0) is 0 Å². The number of benzene rings is 1. The van der Waals surface area contributed by atoms with E-state index in [1.807, 2.05) is 12.1 Å². The Balaban J connectivity index is 2.26. The third-order valence-corrected chi connectivity index (χ3v) is 4.54. The fourth-order valence-corrected chi connectivity index (χ4v) is 3.43. The van der Waals surface area contributed by atoms with E-state index in [2.05, 4.69) is 25.2 Å². The van der Waals surface area contributed by atoms with Crippen LogP contribution in [0.5, 0.6) is 5.75 Å². The molecule has 0 heterocycles. The van der Waals surface area contributed by atoms with E-state index in [1.165, 1.54) is 31.2 Å². The van der Waals surface area contributed by atoms with Gasteiger partial charge in [-0.15, -0.1) is 0 Å². The number of rotatable bonds is 6. The Morgan fingerprint density at radius 3 is 2.60 bits per heavy atom. The molecule has 1 atom stereocenters. The van der Waals surface area contributed by atoms with Gasteiger partial charge in [-0.1, -0.05) is 38.3 Å². The maximum absolute atomic E-state index is 6.21. The number of nitrogens with one attached hydrogen (secondary N) is 1. The van der Waals surface area contributed by atoms with Crippen LogP contribution in [0.3, 0.4) is 0 Å². The van der Waals surface area contributed by atoms with E-state index in [0.29, 0.717) is 12.0 Å². The second kappa shape index (κ2) is 7.33. The number of ether oxygens (including phenoxy) is 1. The van der Waals surface area contributed by atoms with Gasteiger partial charge in [0.15, 0.2) is 0 Å². The smallest absolute Gasteiger partial charge is 0.122 e. The second-order valence-corrected chi connectivity index (χ2v) is 6.54. The second-order valence-electron chi connectivity index (χ2n) is 6.10. The first-order valence-electron chi connectivity index (χ1n) is 7.68. The first-order valence-corrected chi connectivity index (χ1v) is 8.06. The van der Waals surface area contributed by atoms with Crippen molar-refractivity contribution in [1.29, 1.82) is 0 Å². The van der Waals surface area contributed by atoms with Gasteiger partial charge in [-0.05, 0) is 37.0 Å². The third kappa shape index (κ3) is 3.89. The summed E-state index contributed by atoms with van der Waals surface area (Å²) >= 11 is 6.21. The standard InChI is InChI=1S/C17H26ClNO/c1-12(2)19-11-16(13-6-4-5-7-13)15-10-14(18)8-9-17(15)20-3/h8-10,12-13,16,19H,4-7,11H2,1-3H3. The molecule has 0 saturated heterocycles. The van der Waals surface area contributed by atoms with E-state index in [-0.39, 0.29) is 0 Å². The largest absolute Gasteiger partial charge is 0.496 e. The highest BCUT2D eigenvalue weighted by molar-refractivity contribution is 6.30. The predicted molar refractivity (Wildman–Crippen MR) is 85.8 cm³/mol. The summed E-state index contributed by atoms with van der Waals surface area (Å²) in [4.78, 5) is 0. The van der Waals surface area contributed by atoms with Crippen LogP contribution in [0.15, 0.2) is 18.2 Å². The Morgan fingerprint density at radius 2 is 2.00 bits per heavy atom. The molecule has 1 aliphatic carbocycles. The zero-order valence-corrected chi connectivity index (χ0v) is 13.5. The lowest BCUT2D eigenvalue weighted by molar-refractivity contribution is 0.367. The molecule has 0 spiro atoms. The average molecular weight is 296 g/mol. The quantitative estimate of drug-likeness (QED) is 0.827. The van der Waals surface area contributed by atoms with Crippen LogP contribution in [0.1, 0.15) is 51.0 Å². The molecule has 0 aromatic heterocycles. The van der Waals surface area contributed by atoms with Crippen molar-refractivity contribution in [1.82, 2.24) is 5.32 Å². The van der Waals surface area contributed by atoms with Gasteiger partial charge in [0.2, 0.25) is 0 Å². The summed E-state index contributed by atoms with van der Waals surface area (Å²) in [5, 5.41) is 4.39. The summed E-state index contributed by atoms with van der Waals surface area (Å²) in [6.07, 6.45) is 5.34. The Morgan fingerprint density at radius 1 is 1.30 bits per heavy atom. The molecule has 3 heteroatoms. The van der Waals surface area contributed by atoms with Crippen molar-refractivity contribution in [2.24, 2.45) is 5.92 Å². The average Bonchev–Trinajstić information content (AvgIpc) is 2.93. The van der Waals surface area contributed by atoms with E-state index in [9.17, 15) is 0 Å². The Bertz CT molecular complexity index is 427. The summed E-state index contributed by atoms with van der Waals surface area (Å²) in [6, 6.07) is 6.50. The van der Waals surface area contributed by atoms with Crippen LogP contribution in [0, 0.1) is 5.92 Å². The van der Waals surface area contributed by atoms with Crippen LogP contribution in [0.25, 0.3) is 0 Å². The fourth-order valence-electron chi connectivity index (χ4n) is 3.25. The van der Waals surface area contributed by atoms with E-state index in [1.54, 1.807) is 7.11 Å². The van der Waals surface area contributed by atoms with Gasteiger partial charge in [-0.3, -0.25) is 0 Å². The minimum atomic E-state index is 0.494. The van der Waals surface area contributed by atoms with Gasteiger partial charge < -0.3 is 10.1 Å². The zero-order chi connectivity index (χ0) is 14.5. The van der Waals surface area contributed by atoms with Gasteiger partial charge in [0.05, 0.1) is 7.11 Å². The summed E-state index contributed by atoms with van der Waals surface area (Å²) < 4.78 is 5.56. The van der Waals surface area contributed by atoms with Gasteiger partial charge >= 0.3 is 0 Å². The molecule has 112 valence electrons. The lowest BCUT2D eigenvalue weighted by atomic mass is 9.84. The normalized spacial score (nSPS) is 17.6. The molecule has 1 aliphatic rings. The monoisotopic (exact) mass is 295 g/mol. The third-order valence-electron chi connectivity index (χ3n) is 4.31. The Labute approximate surface area is 127 Å². The van der Waals surface area contributed by atoms with Crippen LogP contribution in [-0.4, -0.2) is 19.7 Å². The summed E-state index contributed by atoms with van der Waals surface area (Å²) in [6.45, 7) is 5.39. The summed E-state index contributed by atoms with van der Waals surface area (Å²) in [5.41, 5.74) is 1.26. The van der Waals surface area contributed by atoms with Crippen molar-refractivity contribution >= 4 is 11.6 Å². The molecule has 2 nitrogen and oxygen atoms in total. The molecule has 1 fully saturated rings. The molecule has 1 aromatic rings. The lowest BCUT2D eigenvalue weighted by Crippen LogP contribution is -2.31. The van der Waals surface area contributed by atoms with E-state index in [0.717, 1.165) is 23.2 Å². The van der Waals surface area contributed by atoms with Crippen molar-refractivity contribution in [2.45, 2.75) is 51.5 Å². The highest BCUT2D eigenvalue weighted by atomic mass is 35.5. The van der Waals surface area contributed by atoms with Crippen LogP contribution in [0.2, 0.25) is 5.02 Å². The van der Waals surface area contributed by atoms with E-state index < -0.39 is 0 Å². The molecule has 2 rings (SSSR count). The van der Waals surface area contributed by atoms with Crippen molar-refractivity contribution < 1.29 is 4.74 Å². The summed E-state index contributed by atoms with van der Waals surface area (Å²) in [7, 11) is 1.74. The minimum absolute atomic E-state index is 0.494. The zero-order valence-electron chi connectivity index (χ0n) is 12.8. The number of halogens is 1. The highest BCUT2D eigenvalue weighted by Crippen LogP contribution is 2.41. The molecular formula is C17H26ClNO. The van der Waals surface area contributed by atoms with Gasteiger partial charge in [0, 0.05) is 29.1 Å². The molecule has 1 unspecified atom stereocenters. The molecule has 1 saturated carbocycles. The van der Waals surface area contributed by atoms with Crippen LogP contribution >= 0.6 is 11.6 Å². The molecule has 0 radical (unpaired) electrons. The Hall–Kier alpha value is -0.730. The van der Waals surface area contributed by atoms with Crippen LogP contribution < -0.4 is 10.1 Å². The molecule has 0 aliphatic heterocycles. The van der Waals surface area contributed by atoms with Gasteiger partial charge in [0.25, 0.3) is 0 Å². The van der Waals surface area contributed by atoms with Crippen LogP contribution in [0.4, 0.5) is 0 Å².